The molecule has 0 amide bonds. The molecule has 8 heteroatoms. The normalized spacial score (nSPS) is 11.7. The van der Waals surface area contributed by atoms with E-state index in [1.54, 1.807) is 11.6 Å². The summed E-state index contributed by atoms with van der Waals surface area (Å²) in [7, 11) is -3.67. The molecule has 0 bridgehead atoms. The molecule has 0 radical (unpaired) electrons. The molecule has 0 saturated carbocycles. The molecule has 0 aliphatic heterocycles. The second-order valence-electron chi connectivity index (χ2n) is 3.59. The molecule has 1 aromatic heterocycles. The summed E-state index contributed by atoms with van der Waals surface area (Å²) in [6.07, 6.45) is 0. The first-order chi connectivity index (χ1) is 7.76. The molecule has 17 heavy (non-hydrogen) atoms. The van der Waals surface area contributed by atoms with Crippen LogP contribution in [-0.2, 0) is 26.9 Å². The van der Waals surface area contributed by atoms with E-state index in [-0.39, 0.29) is 5.75 Å². The lowest BCUT2D eigenvalue weighted by molar-refractivity contribution is -0.134. The number of carboxylic acids is 1. The SMILES string of the molecule is CCn1nc(C)c(Br)c1CS(=O)(=O)CC(=O)O. The fraction of sp³-hybridized carbons (Fsp3) is 0.556. The molecule has 6 nitrogen and oxygen atoms in total. The van der Waals surface area contributed by atoms with Crippen molar-refractivity contribution in [2.45, 2.75) is 26.1 Å². The number of aryl methyl sites for hydroxylation is 2. The highest BCUT2D eigenvalue weighted by Crippen LogP contribution is 2.23. The molecule has 0 unspecified atom stereocenters. The third-order valence-corrected chi connectivity index (χ3v) is 4.58. The van der Waals surface area contributed by atoms with Gasteiger partial charge in [0.05, 0.1) is 21.6 Å². The van der Waals surface area contributed by atoms with Gasteiger partial charge < -0.3 is 5.11 Å². The molecule has 1 N–H and O–H groups in total. The largest absolute Gasteiger partial charge is 0.480 e. The highest BCUT2D eigenvalue weighted by atomic mass is 79.9. The number of halogens is 1. The Labute approximate surface area is 108 Å². The zero-order valence-electron chi connectivity index (χ0n) is 9.47. The molecular formula is C9H13BrN2O4S. The molecule has 1 aromatic rings. The molecule has 1 rings (SSSR count). The van der Waals surface area contributed by atoms with Crippen LogP contribution >= 0.6 is 15.9 Å². The topological polar surface area (TPSA) is 89.3 Å². The Bertz CT molecular complexity index is 535. The summed E-state index contributed by atoms with van der Waals surface area (Å²) < 4.78 is 25.4. The Hall–Kier alpha value is -0.890. The van der Waals surface area contributed by atoms with Crippen LogP contribution in [0.1, 0.15) is 18.3 Å². The Morgan fingerprint density at radius 1 is 1.53 bits per heavy atom. The smallest absolute Gasteiger partial charge is 0.318 e. The highest BCUT2D eigenvalue weighted by Gasteiger charge is 2.22. The minimum atomic E-state index is -3.67. The number of hydrogen-bond acceptors (Lipinski definition) is 4. The van der Waals surface area contributed by atoms with E-state index in [0.29, 0.717) is 22.4 Å². The van der Waals surface area contributed by atoms with Crippen molar-refractivity contribution in [3.8, 4) is 0 Å². The van der Waals surface area contributed by atoms with Crippen molar-refractivity contribution >= 4 is 31.7 Å². The van der Waals surface area contributed by atoms with Crippen molar-refractivity contribution in [3.05, 3.63) is 15.9 Å². The van der Waals surface area contributed by atoms with Crippen LogP contribution in [0.5, 0.6) is 0 Å². The van der Waals surface area contributed by atoms with Crippen molar-refractivity contribution in [1.82, 2.24) is 9.78 Å². The summed E-state index contributed by atoms with van der Waals surface area (Å²) in [5, 5.41) is 12.7. The lowest BCUT2D eigenvalue weighted by atomic mass is 10.4. The first kappa shape index (κ1) is 14.2. The van der Waals surface area contributed by atoms with Gasteiger partial charge in [-0.25, -0.2) is 8.42 Å². The van der Waals surface area contributed by atoms with Crippen LogP contribution in [0.3, 0.4) is 0 Å². The van der Waals surface area contributed by atoms with E-state index in [9.17, 15) is 13.2 Å². The predicted octanol–water partition coefficient (Wildman–Crippen LogP) is 0.973. The van der Waals surface area contributed by atoms with E-state index < -0.39 is 21.6 Å². The minimum absolute atomic E-state index is 0.325. The zero-order chi connectivity index (χ0) is 13.2. The van der Waals surface area contributed by atoms with Gasteiger partial charge in [-0.2, -0.15) is 5.10 Å². The van der Waals surface area contributed by atoms with Gasteiger partial charge in [0, 0.05) is 6.54 Å². The number of hydrogen-bond donors (Lipinski definition) is 1. The Kier molecular flexibility index (Phi) is 4.31. The van der Waals surface area contributed by atoms with Gasteiger partial charge in [0.1, 0.15) is 5.75 Å². The van der Waals surface area contributed by atoms with E-state index >= 15 is 0 Å². The molecule has 96 valence electrons. The van der Waals surface area contributed by atoms with Crippen LogP contribution in [0.15, 0.2) is 4.47 Å². The third kappa shape index (κ3) is 3.53. The van der Waals surface area contributed by atoms with E-state index in [1.807, 2.05) is 6.92 Å². The van der Waals surface area contributed by atoms with Gasteiger partial charge >= 0.3 is 5.97 Å². The lowest BCUT2D eigenvalue weighted by Crippen LogP contribution is -2.19. The second-order valence-corrected chi connectivity index (χ2v) is 6.45. The number of aromatic nitrogens is 2. The Morgan fingerprint density at radius 2 is 2.12 bits per heavy atom. The number of carboxylic acid groups (broad SMARTS) is 1. The van der Waals surface area contributed by atoms with Crippen LogP contribution in [-0.4, -0.2) is 35.0 Å². The van der Waals surface area contributed by atoms with Crippen molar-refractivity contribution < 1.29 is 18.3 Å². The summed E-state index contributed by atoms with van der Waals surface area (Å²) in [4.78, 5) is 10.4. The summed E-state index contributed by atoms with van der Waals surface area (Å²) in [5.74, 6) is -2.54. The summed E-state index contributed by atoms with van der Waals surface area (Å²) in [6, 6.07) is 0. The van der Waals surface area contributed by atoms with Gasteiger partial charge in [0.25, 0.3) is 0 Å². The molecule has 0 fully saturated rings. The monoisotopic (exact) mass is 324 g/mol. The molecule has 0 aromatic carbocycles. The van der Waals surface area contributed by atoms with E-state index in [1.165, 1.54) is 0 Å². The summed E-state index contributed by atoms with van der Waals surface area (Å²) in [6.45, 7) is 4.13. The van der Waals surface area contributed by atoms with Gasteiger partial charge in [0.2, 0.25) is 0 Å². The minimum Gasteiger partial charge on any atom is -0.480 e. The summed E-state index contributed by atoms with van der Waals surface area (Å²) in [5.41, 5.74) is 1.18. The van der Waals surface area contributed by atoms with Crippen LogP contribution in [0.4, 0.5) is 0 Å². The fourth-order valence-electron chi connectivity index (χ4n) is 1.45. The molecule has 0 atom stereocenters. The van der Waals surface area contributed by atoms with Crippen LogP contribution in [0.2, 0.25) is 0 Å². The molecule has 0 spiro atoms. The number of carbonyl (C=O) groups is 1. The van der Waals surface area contributed by atoms with E-state index in [0.717, 1.165) is 0 Å². The number of sulfone groups is 1. The molecular weight excluding hydrogens is 312 g/mol. The van der Waals surface area contributed by atoms with Gasteiger partial charge in [-0.15, -0.1) is 0 Å². The van der Waals surface area contributed by atoms with Crippen molar-refractivity contribution in [1.29, 1.82) is 0 Å². The maximum Gasteiger partial charge on any atom is 0.318 e. The zero-order valence-corrected chi connectivity index (χ0v) is 11.9. The third-order valence-electron chi connectivity index (χ3n) is 2.15. The van der Waals surface area contributed by atoms with Crippen molar-refractivity contribution in [2.75, 3.05) is 5.75 Å². The van der Waals surface area contributed by atoms with Crippen LogP contribution < -0.4 is 0 Å². The Balaban J connectivity index is 3.07. The lowest BCUT2D eigenvalue weighted by Gasteiger charge is -2.05. The second kappa shape index (κ2) is 5.18. The molecule has 0 aliphatic carbocycles. The summed E-state index contributed by atoms with van der Waals surface area (Å²) >= 11 is 3.27. The van der Waals surface area contributed by atoms with Crippen molar-refractivity contribution in [2.24, 2.45) is 0 Å². The molecule has 0 aliphatic rings. The van der Waals surface area contributed by atoms with E-state index in [4.69, 9.17) is 5.11 Å². The molecule has 0 saturated heterocycles. The van der Waals surface area contributed by atoms with Crippen LogP contribution in [0.25, 0.3) is 0 Å². The van der Waals surface area contributed by atoms with Gasteiger partial charge in [-0.3, -0.25) is 9.48 Å². The predicted molar refractivity (Wildman–Crippen MR) is 65.5 cm³/mol. The average Bonchev–Trinajstić information content (AvgIpc) is 2.43. The highest BCUT2D eigenvalue weighted by molar-refractivity contribution is 9.10. The average molecular weight is 325 g/mol. The first-order valence-corrected chi connectivity index (χ1v) is 7.52. The maximum absolute atomic E-state index is 11.6. The van der Waals surface area contributed by atoms with Gasteiger partial charge in [-0.1, -0.05) is 0 Å². The number of rotatable bonds is 5. The molecule has 1 heterocycles. The van der Waals surface area contributed by atoms with Crippen molar-refractivity contribution in [3.63, 3.8) is 0 Å². The first-order valence-electron chi connectivity index (χ1n) is 4.91. The van der Waals surface area contributed by atoms with E-state index in [2.05, 4.69) is 21.0 Å². The van der Waals surface area contributed by atoms with Gasteiger partial charge in [0.15, 0.2) is 9.84 Å². The fourth-order valence-corrected chi connectivity index (χ4v) is 3.25. The van der Waals surface area contributed by atoms with Crippen LogP contribution in [0, 0.1) is 6.92 Å². The standard InChI is InChI=1S/C9H13BrN2O4S/c1-3-12-7(9(10)6(2)11-12)4-17(15,16)5-8(13)14/h3-5H2,1-2H3,(H,13,14). The number of nitrogens with zero attached hydrogens (tertiary/aromatic N) is 2. The quantitative estimate of drug-likeness (QED) is 0.871. The number of aliphatic carboxylic acids is 1. The van der Waals surface area contributed by atoms with Gasteiger partial charge in [-0.05, 0) is 29.8 Å². The maximum atomic E-state index is 11.6. The Morgan fingerprint density at radius 3 is 2.59 bits per heavy atom.